The molecule has 1 aliphatic carbocycles. The summed E-state index contributed by atoms with van der Waals surface area (Å²) < 4.78 is 20.4. The van der Waals surface area contributed by atoms with Gasteiger partial charge in [0.05, 0.1) is 0 Å². The van der Waals surface area contributed by atoms with E-state index in [-0.39, 0.29) is 0 Å². The minimum Gasteiger partial charge on any atom is -0.456 e. The summed E-state index contributed by atoms with van der Waals surface area (Å²) in [6.07, 6.45) is 2.80. The lowest BCUT2D eigenvalue weighted by Gasteiger charge is -2.19. The van der Waals surface area contributed by atoms with Crippen LogP contribution in [0.2, 0.25) is 0 Å². The molecule has 1 aliphatic heterocycles. The van der Waals surface area contributed by atoms with Crippen LogP contribution in [0.25, 0.3) is 5.69 Å². The number of rotatable bonds is 6. The molecule has 1 N–H and O–H groups in total. The third kappa shape index (κ3) is 3.79. The Balaban J connectivity index is 1.40. The first-order valence-corrected chi connectivity index (χ1v) is 10.5. The number of ether oxygens (including phenoxy) is 1. The number of amides is 3. The summed E-state index contributed by atoms with van der Waals surface area (Å²) in [7, 11) is 0. The van der Waals surface area contributed by atoms with Gasteiger partial charge in [0.25, 0.3) is 5.91 Å². The van der Waals surface area contributed by atoms with Crippen molar-refractivity contribution in [3.8, 4) is 5.69 Å². The Kier molecular flexibility index (Phi) is 5.58. The SMILES string of the molecule is Cc1cc(C(=O)COC(=O)CN2C(=O)NC3(CCCC3)C2=O)c(C)n1-c1cccc(F)c1. The van der Waals surface area contributed by atoms with Gasteiger partial charge in [0.15, 0.2) is 6.61 Å². The van der Waals surface area contributed by atoms with Gasteiger partial charge in [0.1, 0.15) is 17.9 Å². The maximum absolute atomic E-state index is 13.6. The van der Waals surface area contributed by atoms with Crippen LogP contribution in [0.5, 0.6) is 0 Å². The van der Waals surface area contributed by atoms with Gasteiger partial charge in [-0.05, 0) is 51.0 Å². The highest BCUT2D eigenvalue weighted by atomic mass is 19.1. The number of imide groups is 1. The second-order valence-electron chi connectivity index (χ2n) is 8.29. The fourth-order valence-corrected chi connectivity index (χ4v) is 4.59. The molecule has 0 unspecified atom stereocenters. The molecule has 9 heteroatoms. The Morgan fingerprint density at radius 1 is 1.16 bits per heavy atom. The highest BCUT2D eigenvalue weighted by molar-refractivity contribution is 6.09. The van der Waals surface area contributed by atoms with Crippen molar-refractivity contribution >= 4 is 23.7 Å². The van der Waals surface area contributed by atoms with E-state index in [0.717, 1.165) is 23.4 Å². The number of aryl methyl sites for hydroxylation is 1. The van der Waals surface area contributed by atoms with Gasteiger partial charge in [-0.3, -0.25) is 19.3 Å². The van der Waals surface area contributed by atoms with E-state index >= 15 is 0 Å². The molecular weight excluding hydrogens is 417 g/mol. The molecular formula is C23H24FN3O5. The summed E-state index contributed by atoms with van der Waals surface area (Å²) in [5.41, 5.74) is 1.34. The number of esters is 1. The van der Waals surface area contributed by atoms with E-state index in [4.69, 9.17) is 4.74 Å². The number of hydrogen-bond donors (Lipinski definition) is 1. The fourth-order valence-electron chi connectivity index (χ4n) is 4.59. The van der Waals surface area contributed by atoms with Crippen LogP contribution in [0, 0.1) is 19.7 Å². The maximum atomic E-state index is 13.6. The first-order valence-electron chi connectivity index (χ1n) is 10.5. The molecule has 168 valence electrons. The molecule has 2 heterocycles. The van der Waals surface area contributed by atoms with Crippen LogP contribution in [0.15, 0.2) is 30.3 Å². The first kappa shape index (κ1) is 21.7. The van der Waals surface area contributed by atoms with Crippen molar-refractivity contribution in [3.63, 3.8) is 0 Å². The van der Waals surface area contributed by atoms with Crippen LogP contribution in [-0.4, -0.2) is 51.8 Å². The molecule has 8 nitrogen and oxygen atoms in total. The van der Waals surface area contributed by atoms with Gasteiger partial charge in [-0.1, -0.05) is 18.9 Å². The van der Waals surface area contributed by atoms with Gasteiger partial charge in [0.2, 0.25) is 5.78 Å². The zero-order chi connectivity index (χ0) is 23.0. The summed E-state index contributed by atoms with van der Waals surface area (Å²) in [5.74, 6) is -2.08. The summed E-state index contributed by atoms with van der Waals surface area (Å²) >= 11 is 0. The second kappa shape index (κ2) is 8.22. The molecule has 4 rings (SSSR count). The Morgan fingerprint density at radius 2 is 1.88 bits per heavy atom. The van der Waals surface area contributed by atoms with Crippen molar-refractivity contribution in [2.75, 3.05) is 13.2 Å². The Morgan fingerprint density at radius 3 is 2.56 bits per heavy atom. The number of nitrogens with one attached hydrogen (secondary N) is 1. The predicted octanol–water partition coefficient (Wildman–Crippen LogP) is 2.82. The number of carbonyl (C=O) groups is 4. The highest BCUT2D eigenvalue weighted by Crippen LogP contribution is 2.35. The molecule has 1 spiro atoms. The van der Waals surface area contributed by atoms with Crippen LogP contribution >= 0.6 is 0 Å². The van der Waals surface area contributed by atoms with E-state index in [1.807, 2.05) is 0 Å². The molecule has 3 amide bonds. The molecule has 1 aromatic heterocycles. The van der Waals surface area contributed by atoms with Crippen LogP contribution in [0.1, 0.15) is 47.4 Å². The number of urea groups is 1. The molecule has 0 atom stereocenters. The van der Waals surface area contributed by atoms with E-state index in [1.165, 1.54) is 12.1 Å². The lowest BCUT2D eigenvalue weighted by atomic mass is 9.98. The van der Waals surface area contributed by atoms with Crippen molar-refractivity contribution in [2.24, 2.45) is 0 Å². The number of carbonyl (C=O) groups excluding carboxylic acids is 4. The average molecular weight is 441 g/mol. The summed E-state index contributed by atoms with van der Waals surface area (Å²) in [4.78, 5) is 50.6. The number of ketones is 1. The number of hydrogen-bond acceptors (Lipinski definition) is 5. The molecule has 0 radical (unpaired) electrons. The van der Waals surface area contributed by atoms with Crippen molar-refractivity contribution < 1.29 is 28.3 Å². The van der Waals surface area contributed by atoms with E-state index in [9.17, 15) is 23.6 Å². The normalized spacial score (nSPS) is 17.2. The topological polar surface area (TPSA) is 97.7 Å². The number of halogens is 1. The zero-order valence-electron chi connectivity index (χ0n) is 17.9. The maximum Gasteiger partial charge on any atom is 0.326 e. The molecule has 0 bridgehead atoms. The highest BCUT2D eigenvalue weighted by Gasteiger charge is 2.52. The predicted molar refractivity (Wildman–Crippen MR) is 112 cm³/mol. The minimum atomic E-state index is -0.901. The standard InChI is InChI=1S/C23H24FN3O5/c1-14-10-18(15(2)27(14)17-7-5-6-16(24)11-17)19(28)13-32-20(29)12-26-21(30)23(25-22(26)31)8-3-4-9-23/h5-7,10-11H,3-4,8-9,12-13H2,1-2H3,(H,25,31). The second-order valence-corrected chi connectivity index (χ2v) is 8.29. The largest absolute Gasteiger partial charge is 0.456 e. The Hall–Kier alpha value is -3.49. The van der Waals surface area contributed by atoms with Crippen LogP contribution < -0.4 is 5.32 Å². The smallest absolute Gasteiger partial charge is 0.326 e. The molecule has 1 aromatic carbocycles. The summed E-state index contributed by atoms with van der Waals surface area (Å²) in [5, 5.41) is 2.69. The molecule has 2 aliphatic rings. The van der Waals surface area contributed by atoms with Gasteiger partial charge >= 0.3 is 12.0 Å². The molecule has 32 heavy (non-hydrogen) atoms. The first-order chi connectivity index (χ1) is 15.2. The van der Waals surface area contributed by atoms with Gasteiger partial charge in [0, 0.05) is 22.6 Å². The average Bonchev–Trinajstić information content (AvgIpc) is 3.40. The van der Waals surface area contributed by atoms with E-state index in [0.29, 0.717) is 29.8 Å². The lowest BCUT2D eigenvalue weighted by Crippen LogP contribution is -2.44. The van der Waals surface area contributed by atoms with Crippen molar-refractivity contribution in [2.45, 2.75) is 45.1 Å². The zero-order valence-corrected chi connectivity index (χ0v) is 17.9. The summed E-state index contributed by atoms with van der Waals surface area (Å²) in [6, 6.07) is 7.05. The van der Waals surface area contributed by atoms with Gasteiger partial charge in [-0.15, -0.1) is 0 Å². The van der Waals surface area contributed by atoms with Gasteiger partial charge in [-0.25, -0.2) is 9.18 Å². The molecule has 2 aromatic rings. The molecule has 1 saturated carbocycles. The molecule has 1 saturated heterocycles. The third-order valence-corrected chi connectivity index (χ3v) is 6.15. The summed E-state index contributed by atoms with van der Waals surface area (Å²) in [6.45, 7) is 2.45. The van der Waals surface area contributed by atoms with E-state index in [2.05, 4.69) is 5.32 Å². The number of aromatic nitrogens is 1. The van der Waals surface area contributed by atoms with E-state index < -0.39 is 48.2 Å². The van der Waals surface area contributed by atoms with Gasteiger partial charge in [-0.2, -0.15) is 0 Å². The van der Waals surface area contributed by atoms with Gasteiger partial charge < -0.3 is 14.6 Å². The molecule has 2 fully saturated rings. The van der Waals surface area contributed by atoms with Crippen molar-refractivity contribution in [1.29, 1.82) is 0 Å². The van der Waals surface area contributed by atoms with Crippen molar-refractivity contribution in [3.05, 3.63) is 53.1 Å². The lowest BCUT2D eigenvalue weighted by molar-refractivity contribution is -0.146. The monoisotopic (exact) mass is 441 g/mol. The Labute approximate surface area is 184 Å². The fraction of sp³-hybridized carbons (Fsp3) is 0.391. The van der Waals surface area contributed by atoms with E-state index in [1.54, 1.807) is 36.6 Å². The van der Waals surface area contributed by atoms with Crippen LogP contribution in [-0.2, 0) is 14.3 Å². The Bertz CT molecular complexity index is 1120. The third-order valence-electron chi connectivity index (χ3n) is 6.15. The quantitative estimate of drug-likeness (QED) is 0.422. The minimum absolute atomic E-state index is 0.347. The van der Waals surface area contributed by atoms with Crippen LogP contribution in [0.3, 0.4) is 0 Å². The van der Waals surface area contributed by atoms with Crippen LogP contribution in [0.4, 0.5) is 9.18 Å². The number of nitrogens with zero attached hydrogens (tertiary/aromatic N) is 2. The van der Waals surface area contributed by atoms with Crippen molar-refractivity contribution in [1.82, 2.24) is 14.8 Å². The number of Topliss-reactive ketones (excluding diaryl/α,β-unsaturated/α-hetero) is 1. The number of benzene rings is 1.